The van der Waals surface area contributed by atoms with Crippen LogP contribution in [0, 0.1) is 6.92 Å². The molecule has 184 valence electrons. The van der Waals surface area contributed by atoms with Crippen LogP contribution in [0.15, 0.2) is 85.2 Å². The molecule has 2 unspecified atom stereocenters. The predicted octanol–water partition coefficient (Wildman–Crippen LogP) is 4.43. The van der Waals surface area contributed by atoms with E-state index < -0.39 is 10.0 Å². The summed E-state index contributed by atoms with van der Waals surface area (Å²) in [5.74, 6) is 0.197. The quantitative estimate of drug-likeness (QED) is 0.324. The zero-order valence-corrected chi connectivity index (χ0v) is 21.3. The SMILES string of the molecule is Cc1cc(N2C(=S)NC(c3ccccn3)C2c2cccn2-c2ccc(O)cc2)ccc1NS(C)(=O)=O. The fourth-order valence-electron chi connectivity index (χ4n) is 4.53. The van der Waals surface area contributed by atoms with Crippen LogP contribution < -0.4 is 14.9 Å². The minimum absolute atomic E-state index is 0.197. The maximum atomic E-state index is 11.8. The van der Waals surface area contributed by atoms with E-state index in [1.165, 1.54) is 0 Å². The number of hydrogen-bond acceptors (Lipinski definition) is 5. The van der Waals surface area contributed by atoms with Crippen molar-refractivity contribution in [1.82, 2.24) is 14.9 Å². The van der Waals surface area contributed by atoms with Crippen LogP contribution in [0.1, 0.15) is 29.0 Å². The van der Waals surface area contributed by atoms with Gasteiger partial charge < -0.3 is 19.9 Å². The van der Waals surface area contributed by atoms with E-state index in [2.05, 4.69) is 19.6 Å². The molecule has 36 heavy (non-hydrogen) atoms. The molecule has 4 aromatic rings. The summed E-state index contributed by atoms with van der Waals surface area (Å²) in [4.78, 5) is 6.64. The third-order valence-corrected chi connectivity index (χ3v) is 7.00. The van der Waals surface area contributed by atoms with E-state index in [-0.39, 0.29) is 17.8 Å². The summed E-state index contributed by atoms with van der Waals surface area (Å²) in [6.07, 6.45) is 4.86. The van der Waals surface area contributed by atoms with Gasteiger partial charge in [0.1, 0.15) is 11.8 Å². The van der Waals surface area contributed by atoms with Crippen LogP contribution in [0.5, 0.6) is 5.75 Å². The summed E-state index contributed by atoms with van der Waals surface area (Å²) in [6.45, 7) is 1.86. The van der Waals surface area contributed by atoms with E-state index in [4.69, 9.17) is 12.2 Å². The second kappa shape index (κ2) is 9.29. The maximum absolute atomic E-state index is 11.8. The van der Waals surface area contributed by atoms with Crippen molar-refractivity contribution in [3.63, 3.8) is 0 Å². The molecule has 1 saturated heterocycles. The number of aromatic hydroxyl groups is 1. The highest BCUT2D eigenvalue weighted by atomic mass is 32.2. The van der Waals surface area contributed by atoms with Gasteiger partial charge in [0.05, 0.1) is 23.7 Å². The molecular weight excluding hydrogens is 494 g/mol. The summed E-state index contributed by atoms with van der Waals surface area (Å²) in [5, 5.41) is 13.8. The average molecular weight is 520 g/mol. The number of aromatic nitrogens is 2. The molecule has 0 bridgehead atoms. The Balaban J connectivity index is 1.63. The van der Waals surface area contributed by atoms with E-state index in [0.29, 0.717) is 10.8 Å². The molecule has 0 amide bonds. The molecular formula is C26H25N5O3S2. The topological polar surface area (TPSA) is 99.5 Å². The molecule has 0 radical (unpaired) electrons. The van der Waals surface area contributed by atoms with Crippen LogP contribution in [-0.2, 0) is 10.0 Å². The largest absolute Gasteiger partial charge is 0.508 e. The van der Waals surface area contributed by atoms with Crippen LogP contribution >= 0.6 is 12.2 Å². The summed E-state index contributed by atoms with van der Waals surface area (Å²) < 4.78 is 28.2. The molecule has 2 aromatic carbocycles. The maximum Gasteiger partial charge on any atom is 0.229 e. The van der Waals surface area contributed by atoms with Gasteiger partial charge in [-0.05, 0) is 91.4 Å². The van der Waals surface area contributed by atoms with E-state index in [1.54, 1.807) is 24.4 Å². The number of phenolic OH excluding ortho intramolecular Hbond substituents is 1. The van der Waals surface area contributed by atoms with E-state index in [9.17, 15) is 13.5 Å². The summed E-state index contributed by atoms with van der Waals surface area (Å²) in [5.41, 5.74) is 4.83. The van der Waals surface area contributed by atoms with Crippen molar-refractivity contribution >= 4 is 38.7 Å². The van der Waals surface area contributed by atoms with Crippen molar-refractivity contribution < 1.29 is 13.5 Å². The number of pyridine rings is 1. The molecule has 2 aromatic heterocycles. The van der Waals surface area contributed by atoms with Crippen LogP contribution in [0.2, 0.25) is 0 Å². The third kappa shape index (κ3) is 4.65. The first-order valence-electron chi connectivity index (χ1n) is 11.3. The summed E-state index contributed by atoms with van der Waals surface area (Å²) in [6, 6.07) is 21.9. The Morgan fingerprint density at radius 1 is 1.03 bits per heavy atom. The highest BCUT2D eigenvalue weighted by Gasteiger charge is 2.42. The second-order valence-electron chi connectivity index (χ2n) is 8.69. The van der Waals surface area contributed by atoms with Crippen molar-refractivity contribution in [3.8, 4) is 11.4 Å². The monoisotopic (exact) mass is 519 g/mol. The van der Waals surface area contributed by atoms with E-state index in [1.807, 2.05) is 72.6 Å². The van der Waals surface area contributed by atoms with Crippen LogP contribution in [0.25, 0.3) is 5.69 Å². The third-order valence-electron chi connectivity index (χ3n) is 6.09. The van der Waals surface area contributed by atoms with E-state index >= 15 is 0 Å². The van der Waals surface area contributed by atoms with Crippen molar-refractivity contribution in [2.75, 3.05) is 15.9 Å². The van der Waals surface area contributed by atoms with Crippen LogP contribution in [0.3, 0.4) is 0 Å². The molecule has 0 saturated carbocycles. The Bertz CT molecular complexity index is 1520. The number of nitrogens with zero attached hydrogens (tertiary/aromatic N) is 3. The number of rotatable bonds is 6. The standard InChI is InChI=1S/C26H25N5O3S2/c1-17-16-19(10-13-21(17)29-36(2,33)34)31-25(24(28-26(31)35)22-6-3-4-14-27-22)23-7-5-15-30(23)18-8-11-20(32)12-9-18/h3-16,24-25,29,32H,1-2H3,(H,28,35). The van der Waals surface area contributed by atoms with Gasteiger partial charge >= 0.3 is 0 Å². The normalized spacial score (nSPS) is 17.7. The molecule has 0 aliphatic carbocycles. The molecule has 1 aliphatic rings. The fourth-order valence-corrected chi connectivity index (χ4v) is 5.50. The summed E-state index contributed by atoms with van der Waals surface area (Å²) in [7, 11) is -3.40. The summed E-state index contributed by atoms with van der Waals surface area (Å²) >= 11 is 5.82. The Labute approximate surface area is 215 Å². The van der Waals surface area contributed by atoms with E-state index in [0.717, 1.165) is 34.6 Å². The first kappa shape index (κ1) is 23.8. The molecule has 8 nitrogen and oxygen atoms in total. The number of nitrogens with one attached hydrogen (secondary N) is 2. The first-order valence-corrected chi connectivity index (χ1v) is 13.6. The molecule has 10 heteroatoms. The lowest BCUT2D eigenvalue weighted by Gasteiger charge is -2.29. The molecule has 3 heterocycles. The highest BCUT2D eigenvalue weighted by Crippen LogP contribution is 2.43. The molecule has 1 aliphatic heterocycles. The van der Waals surface area contributed by atoms with Crippen LogP contribution in [0.4, 0.5) is 11.4 Å². The minimum Gasteiger partial charge on any atom is -0.508 e. The lowest BCUT2D eigenvalue weighted by molar-refractivity contribution is 0.475. The number of benzene rings is 2. The molecule has 1 fully saturated rings. The minimum atomic E-state index is -3.40. The molecule has 0 spiro atoms. The first-order chi connectivity index (χ1) is 17.2. The Morgan fingerprint density at radius 2 is 1.78 bits per heavy atom. The van der Waals surface area contributed by atoms with Gasteiger partial charge in [-0.1, -0.05) is 6.07 Å². The predicted molar refractivity (Wildman–Crippen MR) is 145 cm³/mol. The second-order valence-corrected chi connectivity index (χ2v) is 10.8. The Morgan fingerprint density at radius 3 is 2.44 bits per heavy atom. The zero-order valence-electron chi connectivity index (χ0n) is 19.7. The van der Waals surface area contributed by atoms with Gasteiger partial charge in [0.15, 0.2) is 5.11 Å². The van der Waals surface area contributed by atoms with Gasteiger partial charge in [0.2, 0.25) is 10.0 Å². The van der Waals surface area contributed by atoms with Gasteiger partial charge in [-0.15, -0.1) is 0 Å². The zero-order chi connectivity index (χ0) is 25.4. The van der Waals surface area contributed by atoms with Crippen molar-refractivity contribution in [2.45, 2.75) is 19.0 Å². The Kier molecular flexibility index (Phi) is 6.15. The average Bonchev–Trinajstić information content (AvgIpc) is 3.45. The number of anilines is 2. The van der Waals surface area contributed by atoms with Gasteiger partial charge in [-0.2, -0.15) is 0 Å². The smallest absolute Gasteiger partial charge is 0.229 e. The lowest BCUT2D eigenvalue weighted by atomic mass is 10.0. The van der Waals surface area contributed by atoms with Crippen molar-refractivity contribution in [3.05, 3.63) is 102 Å². The number of phenols is 1. The highest BCUT2D eigenvalue weighted by molar-refractivity contribution is 7.92. The molecule has 2 atom stereocenters. The van der Waals surface area contributed by atoms with Gasteiger partial charge in [-0.25, -0.2) is 8.42 Å². The van der Waals surface area contributed by atoms with Gasteiger partial charge in [0.25, 0.3) is 0 Å². The number of aryl methyl sites for hydroxylation is 1. The number of thiocarbonyl (C=S) groups is 1. The Hall–Kier alpha value is -3.89. The molecule has 3 N–H and O–H groups in total. The number of sulfonamides is 1. The van der Waals surface area contributed by atoms with Crippen molar-refractivity contribution in [2.24, 2.45) is 0 Å². The fraction of sp³-hybridized carbons (Fsp3) is 0.154. The number of hydrogen-bond donors (Lipinski definition) is 3. The van der Waals surface area contributed by atoms with Crippen molar-refractivity contribution in [1.29, 1.82) is 0 Å². The molecule has 5 rings (SSSR count). The van der Waals surface area contributed by atoms with Gasteiger partial charge in [0, 0.05) is 29.5 Å². The lowest BCUT2D eigenvalue weighted by Crippen LogP contribution is -2.30. The van der Waals surface area contributed by atoms with Gasteiger partial charge in [-0.3, -0.25) is 9.71 Å². The van der Waals surface area contributed by atoms with Crippen LogP contribution in [-0.4, -0.2) is 34.4 Å².